The van der Waals surface area contributed by atoms with Crippen molar-refractivity contribution in [2.24, 2.45) is 4.99 Å². The van der Waals surface area contributed by atoms with E-state index < -0.39 is 0 Å². The molecule has 30 heavy (non-hydrogen) atoms. The predicted molar refractivity (Wildman–Crippen MR) is 131 cm³/mol. The van der Waals surface area contributed by atoms with Crippen molar-refractivity contribution in [2.75, 3.05) is 33.8 Å². The summed E-state index contributed by atoms with van der Waals surface area (Å²) in [6.45, 7) is 9.25. The summed E-state index contributed by atoms with van der Waals surface area (Å²) >= 11 is 1.35. The molecule has 0 amide bonds. The smallest absolute Gasteiger partial charge is 0.350 e. The van der Waals surface area contributed by atoms with Crippen LogP contribution in [-0.2, 0) is 4.74 Å². The van der Waals surface area contributed by atoms with Gasteiger partial charge < -0.3 is 19.8 Å². The van der Waals surface area contributed by atoms with Crippen LogP contribution < -0.4 is 10.6 Å². The molecule has 2 unspecified atom stereocenters. The zero-order valence-corrected chi connectivity index (χ0v) is 21.5. The fraction of sp³-hybridized carbons (Fsp3) is 0.550. The van der Waals surface area contributed by atoms with Crippen LogP contribution in [0.5, 0.6) is 0 Å². The zero-order chi connectivity index (χ0) is 21.4. The van der Waals surface area contributed by atoms with E-state index in [1.54, 1.807) is 13.2 Å². The summed E-state index contributed by atoms with van der Waals surface area (Å²) in [5.74, 6) is 1.23. The molecule has 0 spiro atoms. The van der Waals surface area contributed by atoms with Crippen LogP contribution in [0.4, 0.5) is 0 Å². The number of esters is 1. The Hall–Kier alpha value is -1.66. The van der Waals surface area contributed by atoms with E-state index in [1.165, 1.54) is 11.3 Å². The van der Waals surface area contributed by atoms with Gasteiger partial charge in [-0.05, 0) is 53.9 Å². The molecule has 2 aromatic rings. The Bertz CT molecular complexity index is 807. The van der Waals surface area contributed by atoms with E-state index in [0.717, 1.165) is 17.3 Å². The first-order valence-corrected chi connectivity index (χ1v) is 10.6. The Kier molecular flexibility index (Phi) is 11.3. The third-order valence-corrected chi connectivity index (χ3v) is 5.58. The van der Waals surface area contributed by atoms with Crippen LogP contribution in [0.2, 0.25) is 0 Å². The third kappa shape index (κ3) is 7.24. The summed E-state index contributed by atoms with van der Waals surface area (Å²) in [5.41, 5.74) is 0.685. The van der Waals surface area contributed by atoms with Crippen molar-refractivity contribution in [3.63, 3.8) is 0 Å². The lowest BCUT2D eigenvalue weighted by Gasteiger charge is -2.22. The summed E-state index contributed by atoms with van der Waals surface area (Å²) in [6, 6.07) is 3.76. The number of ether oxygens (including phenoxy) is 1. The number of nitrogens with one attached hydrogen (secondary N) is 2. The van der Waals surface area contributed by atoms with Gasteiger partial charge in [0.05, 0.1) is 37.2 Å². The van der Waals surface area contributed by atoms with Crippen molar-refractivity contribution in [1.82, 2.24) is 20.5 Å². The normalized spacial score (nSPS) is 13.5. The molecule has 8 nitrogen and oxygen atoms in total. The van der Waals surface area contributed by atoms with Crippen LogP contribution in [0.3, 0.4) is 0 Å². The fourth-order valence-electron chi connectivity index (χ4n) is 2.74. The van der Waals surface area contributed by atoms with Crippen molar-refractivity contribution in [3.05, 3.63) is 39.7 Å². The first-order valence-electron chi connectivity index (χ1n) is 9.76. The van der Waals surface area contributed by atoms with Crippen LogP contribution in [0.25, 0.3) is 0 Å². The molecule has 168 valence electrons. The highest BCUT2D eigenvalue weighted by Gasteiger charge is 2.21. The van der Waals surface area contributed by atoms with Gasteiger partial charge in [0.1, 0.15) is 15.6 Å². The number of hydrogen-bond acceptors (Lipinski definition) is 7. The largest absolute Gasteiger partial charge is 0.468 e. The van der Waals surface area contributed by atoms with Gasteiger partial charge in [0.25, 0.3) is 0 Å². The Morgan fingerprint density at radius 2 is 2.13 bits per heavy atom. The highest BCUT2D eigenvalue weighted by molar-refractivity contribution is 14.0. The second-order valence-electron chi connectivity index (χ2n) is 6.77. The summed E-state index contributed by atoms with van der Waals surface area (Å²) in [7, 11) is 4.00. The minimum absolute atomic E-state index is 0. The number of guanidine groups is 1. The number of carbonyl (C=O) groups excluding carboxylic acids is 1. The van der Waals surface area contributed by atoms with E-state index in [4.69, 9.17) is 14.1 Å². The molecule has 0 saturated heterocycles. The predicted octanol–water partition coefficient (Wildman–Crippen LogP) is 3.76. The maximum Gasteiger partial charge on any atom is 0.350 e. The van der Waals surface area contributed by atoms with Gasteiger partial charge in [-0.3, -0.25) is 9.89 Å². The second-order valence-corrected chi connectivity index (χ2v) is 7.80. The number of rotatable bonds is 9. The molecule has 0 radical (unpaired) electrons. The lowest BCUT2D eigenvalue weighted by atomic mass is 10.2. The first-order chi connectivity index (χ1) is 13.9. The fourth-order valence-corrected chi connectivity index (χ4v) is 3.70. The van der Waals surface area contributed by atoms with Crippen molar-refractivity contribution < 1.29 is 13.9 Å². The van der Waals surface area contributed by atoms with E-state index in [9.17, 15) is 4.79 Å². The number of likely N-dealkylation sites (N-methyl/N-ethyl adjacent to an activating group) is 1. The van der Waals surface area contributed by atoms with Crippen LogP contribution in [0.1, 0.15) is 59.0 Å². The van der Waals surface area contributed by atoms with E-state index in [1.807, 2.05) is 47.0 Å². The number of thiazole rings is 1. The first kappa shape index (κ1) is 26.4. The van der Waals surface area contributed by atoms with Crippen LogP contribution in [0.15, 0.2) is 27.8 Å². The molecule has 0 aliphatic rings. The molecule has 0 bridgehead atoms. The van der Waals surface area contributed by atoms with E-state index in [0.29, 0.717) is 29.7 Å². The lowest BCUT2D eigenvalue weighted by Crippen LogP contribution is -2.39. The Labute approximate surface area is 199 Å². The van der Waals surface area contributed by atoms with Gasteiger partial charge in [-0.1, -0.05) is 0 Å². The minimum atomic E-state index is -0.325. The average molecular weight is 549 g/mol. The molecule has 2 heterocycles. The molecule has 0 saturated carbocycles. The number of halogens is 1. The number of nitrogens with zero attached hydrogens (tertiary/aromatic N) is 3. The van der Waals surface area contributed by atoms with Crippen LogP contribution in [0, 0.1) is 6.92 Å². The Morgan fingerprint density at radius 3 is 2.70 bits per heavy atom. The summed E-state index contributed by atoms with van der Waals surface area (Å²) < 4.78 is 10.7. The third-order valence-electron chi connectivity index (χ3n) is 4.26. The SMILES string of the molecule is CCNC(=NCC(c1ccco1)N(C)C)NC(C)c1nc(C)c(C(=O)OCC)s1.I. The maximum absolute atomic E-state index is 12.1. The van der Waals surface area contributed by atoms with Gasteiger partial charge in [-0.2, -0.15) is 0 Å². The second kappa shape index (κ2) is 12.9. The summed E-state index contributed by atoms with van der Waals surface area (Å²) in [5, 5.41) is 7.44. The minimum Gasteiger partial charge on any atom is -0.468 e. The molecular formula is C20H32IN5O3S. The summed E-state index contributed by atoms with van der Waals surface area (Å²) in [4.78, 5) is 23.9. The van der Waals surface area contributed by atoms with Gasteiger partial charge in [0.2, 0.25) is 0 Å². The number of aromatic nitrogens is 1. The van der Waals surface area contributed by atoms with Gasteiger partial charge >= 0.3 is 5.97 Å². The van der Waals surface area contributed by atoms with Crippen molar-refractivity contribution >= 4 is 47.2 Å². The van der Waals surface area contributed by atoms with E-state index in [-0.39, 0.29) is 42.0 Å². The molecule has 0 aliphatic heterocycles. The molecule has 2 aromatic heterocycles. The van der Waals surface area contributed by atoms with Gasteiger partial charge in [0.15, 0.2) is 5.96 Å². The molecule has 2 N–H and O–H groups in total. The molecule has 0 aromatic carbocycles. The molecule has 10 heteroatoms. The Balaban J connectivity index is 0.00000450. The number of aliphatic imine (C=N–C) groups is 1. The topological polar surface area (TPSA) is 92.0 Å². The van der Waals surface area contributed by atoms with Crippen molar-refractivity contribution in [1.29, 1.82) is 0 Å². The maximum atomic E-state index is 12.1. The lowest BCUT2D eigenvalue weighted by molar-refractivity contribution is 0.0531. The highest BCUT2D eigenvalue weighted by atomic mass is 127. The Morgan fingerprint density at radius 1 is 1.40 bits per heavy atom. The average Bonchev–Trinajstić information content (AvgIpc) is 3.32. The van der Waals surface area contributed by atoms with Crippen molar-refractivity contribution in [3.8, 4) is 0 Å². The number of hydrogen-bond donors (Lipinski definition) is 2. The molecule has 2 rings (SSSR count). The highest BCUT2D eigenvalue weighted by Crippen LogP contribution is 2.24. The van der Waals surface area contributed by atoms with Crippen LogP contribution >= 0.6 is 35.3 Å². The zero-order valence-electron chi connectivity index (χ0n) is 18.4. The summed E-state index contributed by atoms with van der Waals surface area (Å²) in [6.07, 6.45) is 1.67. The number of furan rings is 1. The van der Waals surface area contributed by atoms with Gasteiger partial charge in [0, 0.05) is 6.54 Å². The molecule has 2 atom stereocenters. The standard InChI is InChI=1S/C20H31N5O3S.HI/c1-7-21-20(22-12-15(25(5)6)16-10-9-11-28-16)24-14(4)18-23-13(3)17(29-18)19(26)27-8-2;/h9-11,14-15H,7-8,12H2,1-6H3,(H2,21,22,24);1H. The van der Waals surface area contributed by atoms with Gasteiger partial charge in [-0.15, -0.1) is 35.3 Å². The van der Waals surface area contributed by atoms with E-state index >= 15 is 0 Å². The molecule has 0 fully saturated rings. The molecular weight excluding hydrogens is 517 g/mol. The number of carbonyl (C=O) groups is 1. The molecule has 0 aliphatic carbocycles. The van der Waals surface area contributed by atoms with Crippen molar-refractivity contribution in [2.45, 2.75) is 39.8 Å². The monoisotopic (exact) mass is 549 g/mol. The van der Waals surface area contributed by atoms with Crippen LogP contribution in [-0.4, -0.2) is 55.6 Å². The number of aryl methyl sites for hydroxylation is 1. The van der Waals surface area contributed by atoms with E-state index in [2.05, 4.69) is 20.5 Å². The van der Waals surface area contributed by atoms with Gasteiger partial charge in [-0.25, -0.2) is 9.78 Å². The quantitative estimate of drug-likeness (QED) is 0.213.